The minimum atomic E-state index is -1.73. The molecule has 0 saturated carbocycles. The maximum absolute atomic E-state index is 13.1. The van der Waals surface area contributed by atoms with Crippen molar-refractivity contribution in [3.63, 3.8) is 0 Å². The number of amides is 1. The first-order valence-electron chi connectivity index (χ1n) is 19.2. The molecule has 16 nitrogen and oxygen atoms in total. The number of anilines is 1. The van der Waals surface area contributed by atoms with Gasteiger partial charge in [-0.25, -0.2) is 24.6 Å². The molecule has 1 N–H and O–H groups in total. The van der Waals surface area contributed by atoms with Crippen molar-refractivity contribution < 1.29 is 28.1 Å². The highest BCUT2D eigenvalue weighted by atomic mass is 31.2. The standard InChI is InChI=1S/C42H45N10O6P/c1-27(2)52(28(3)4)59(56-21-13-18-43)58-37-35(24-55-30-22-33(31-16-9-11-19-44-31)49-34(23-30)32-17-10-12-20-45-32)57-42(38(37)54-5)51-26-48-36-39(46-25-47-40(36)51)50-41(53)29-14-7-6-8-15-29/h6-12,14-17,19-20,22-23,25-28,35,37-38,42H,13,21,24H2,1-5H3,(H,46,47,50,53)/t35-,37-,38-,42-,59?/m1/s1. The Kier molecular flexibility index (Phi) is 13.5. The van der Waals surface area contributed by atoms with Crippen LogP contribution in [0.1, 0.15) is 50.7 Å². The fourth-order valence-electron chi connectivity index (χ4n) is 6.80. The number of imidazole rings is 1. The van der Waals surface area contributed by atoms with Crippen molar-refractivity contribution in [3.8, 4) is 34.6 Å². The van der Waals surface area contributed by atoms with Gasteiger partial charge in [0.25, 0.3) is 14.4 Å². The summed E-state index contributed by atoms with van der Waals surface area (Å²) in [5, 5.41) is 12.2. The van der Waals surface area contributed by atoms with E-state index in [2.05, 4.69) is 68.7 Å². The molecule has 6 aromatic rings. The molecule has 1 fully saturated rings. The summed E-state index contributed by atoms with van der Waals surface area (Å²) in [4.78, 5) is 40.6. The van der Waals surface area contributed by atoms with E-state index in [9.17, 15) is 10.1 Å². The van der Waals surface area contributed by atoms with Gasteiger partial charge in [-0.2, -0.15) is 5.26 Å². The largest absolute Gasteiger partial charge is 0.491 e. The molecule has 1 saturated heterocycles. The lowest BCUT2D eigenvalue weighted by Crippen LogP contribution is -2.41. The van der Waals surface area contributed by atoms with Crippen LogP contribution in [-0.2, 0) is 18.5 Å². The number of hydrogen-bond donors (Lipinski definition) is 1. The Hall–Kier alpha value is -5.79. The van der Waals surface area contributed by atoms with Crippen LogP contribution in [0.4, 0.5) is 5.82 Å². The monoisotopic (exact) mass is 816 g/mol. The molecule has 0 radical (unpaired) electrons. The second-order valence-corrected chi connectivity index (χ2v) is 15.5. The molecule has 5 aromatic heterocycles. The molecular formula is C42H45N10O6P. The smallest absolute Gasteiger partial charge is 0.259 e. The van der Waals surface area contributed by atoms with E-state index < -0.39 is 33.1 Å². The lowest BCUT2D eigenvalue weighted by Gasteiger charge is -2.38. The molecule has 17 heteroatoms. The first-order valence-corrected chi connectivity index (χ1v) is 20.3. The van der Waals surface area contributed by atoms with E-state index in [1.807, 2.05) is 54.6 Å². The summed E-state index contributed by atoms with van der Waals surface area (Å²) in [6.07, 6.45) is 3.54. The minimum absolute atomic E-state index is 0.0269. The molecule has 1 amide bonds. The van der Waals surface area contributed by atoms with Gasteiger partial charge in [0.1, 0.15) is 37.0 Å². The minimum Gasteiger partial charge on any atom is -0.491 e. The Morgan fingerprint density at radius 3 is 2.19 bits per heavy atom. The van der Waals surface area contributed by atoms with Crippen LogP contribution in [-0.4, -0.2) is 95.8 Å². The van der Waals surface area contributed by atoms with E-state index >= 15 is 0 Å². The number of rotatable bonds is 17. The summed E-state index contributed by atoms with van der Waals surface area (Å²) in [5.74, 6) is 0.418. The van der Waals surface area contributed by atoms with Crippen molar-refractivity contribution in [2.24, 2.45) is 0 Å². The third-order valence-corrected chi connectivity index (χ3v) is 11.5. The molecule has 5 atom stereocenters. The van der Waals surface area contributed by atoms with Crippen LogP contribution < -0.4 is 10.1 Å². The first-order chi connectivity index (χ1) is 28.7. The number of carbonyl (C=O) groups is 1. The van der Waals surface area contributed by atoms with E-state index in [0.29, 0.717) is 45.3 Å². The summed E-state index contributed by atoms with van der Waals surface area (Å²) in [6, 6.07) is 26.0. The lowest BCUT2D eigenvalue weighted by molar-refractivity contribution is -0.0560. The molecule has 59 heavy (non-hydrogen) atoms. The number of hydrogen-bond acceptors (Lipinski definition) is 14. The van der Waals surface area contributed by atoms with E-state index in [4.69, 9.17) is 28.2 Å². The van der Waals surface area contributed by atoms with Crippen LogP contribution in [0, 0.1) is 11.3 Å². The van der Waals surface area contributed by atoms with Gasteiger partial charge >= 0.3 is 0 Å². The maximum atomic E-state index is 13.1. The Morgan fingerprint density at radius 1 is 0.898 bits per heavy atom. The molecule has 1 aromatic carbocycles. The SMILES string of the molecule is CO[C@@H]1[C@H](OP(OCCC#N)N(C(C)C)C(C)C)[C@@H](COc2cc(-c3ccccn3)nc(-c3ccccn3)c2)O[C@H]1n1cnc2c(NC(=O)c3ccccc3)ncnc21. The zero-order valence-electron chi connectivity index (χ0n) is 33.3. The lowest BCUT2D eigenvalue weighted by atomic mass is 10.1. The average molecular weight is 817 g/mol. The number of pyridine rings is 3. The van der Waals surface area contributed by atoms with Gasteiger partial charge in [0, 0.05) is 49.3 Å². The molecule has 1 unspecified atom stereocenters. The number of benzene rings is 1. The van der Waals surface area contributed by atoms with Gasteiger partial charge in [-0.1, -0.05) is 30.3 Å². The Labute approximate surface area is 343 Å². The van der Waals surface area contributed by atoms with Gasteiger partial charge in [-0.3, -0.25) is 19.3 Å². The molecule has 0 aliphatic carbocycles. The molecule has 1 aliphatic heterocycles. The zero-order valence-corrected chi connectivity index (χ0v) is 34.2. The average Bonchev–Trinajstić information content (AvgIpc) is 3.85. The van der Waals surface area contributed by atoms with Gasteiger partial charge in [0.05, 0.1) is 48.2 Å². The Balaban J connectivity index is 1.24. The first kappa shape index (κ1) is 41.4. The highest BCUT2D eigenvalue weighted by Crippen LogP contribution is 2.51. The number of nitriles is 1. The summed E-state index contributed by atoms with van der Waals surface area (Å²) >= 11 is 0. The van der Waals surface area contributed by atoms with E-state index in [-0.39, 0.29) is 43.4 Å². The summed E-state index contributed by atoms with van der Waals surface area (Å²) in [5.41, 5.74) is 3.79. The number of methoxy groups -OCH3 is 1. The molecule has 6 heterocycles. The molecule has 0 bridgehead atoms. The van der Waals surface area contributed by atoms with Crippen molar-refractivity contribution >= 4 is 31.4 Å². The number of ether oxygens (including phenoxy) is 3. The number of carbonyl (C=O) groups excluding carboxylic acids is 1. The van der Waals surface area contributed by atoms with Crippen molar-refractivity contribution in [1.82, 2.24) is 39.1 Å². The highest BCUT2D eigenvalue weighted by molar-refractivity contribution is 7.44. The van der Waals surface area contributed by atoms with Crippen molar-refractivity contribution in [3.05, 3.63) is 109 Å². The zero-order chi connectivity index (χ0) is 41.3. The fraction of sp³-hybridized carbons (Fsp3) is 0.333. The Bertz CT molecular complexity index is 2280. The number of nitrogens with zero attached hydrogens (tertiary/aromatic N) is 9. The normalized spacial score (nSPS) is 18.4. The summed E-state index contributed by atoms with van der Waals surface area (Å²) in [7, 11) is -0.141. The number of fused-ring (bicyclic) bond motifs is 1. The van der Waals surface area contributed by atoms with Crippen molar-refractivity contribution in [1.29, 1.82) is 5.26 Å². The second-order valence-electron chi connectivity index (χ2n) is 14.1. The number of aromatic nitrogens is 7. The van der Waals surface area contributed by atoms with Crippen LogP contribution in [0.15, 0.2) is 104 Å². The molecule has 0 spiro atoms. The Morgan fingerprint density at radius 2 is 1.58 bits per heavy atom. The maximum Gasteiger partial charge on any atom is 0.259 e. The van der Waals surface area contributed by atoms with Crippen LogP contribution in [0.25, 0.3) is 33.9 Å². The highest BCUT2D eigenvalue weighted by Gasteiger charge is 2.50. The van der Waals surface area contributed by atoms with Crippen molar-refractivity contribution in [2.45, 2.75) is 70.7 Å². The van der Waals surface area contributed by atoms with E-state index in [1.54, 1.807) is 54.7 Å². The summed E-state index contributed by atoms with van der Waals surface area (Å²) in [6.45, 7) is 8.49. The van der Waals surface area contributed by atoms with Gasteiger partial charge in [0.15, 0.2) is 23.2 Å². The predicted octanol–water partition coefficient (Wildman–Crippen LogP) is 7.25. The van der Waals surface area contributed by atoms with Crippen LogP contribution >= 0.6 is 8.53 Å². The van der Waals surface area contributed by atoms with Crippen molar-refractivity contribution in [2.75, 3.05) is 25.6 Å². The molecule has 7 rings (SSSR count). The fourth-order valence-corrected chi connectivity index (χ4v) is 8.57. The van der Waals surface area contributed by atoms with E-state index in [1.165, 1.54) is 6.33 Å². The quantitative estimate of drug-likeness (QED) is 0.0717. The summed E-state index contributed by atoms with van der Waals surface area (Å²) < 4.78 is 36.8. The van der Waals surface area contributed by atoms with Crippen LogP contribution in [0.3, 0.4) is 0 Å². The third-order valence-electron chi connectivity index (χ3n) is 9.40. The van der Waals surface area contributed by atoms with Gasteiger partial charge in [-0.15, -0.1) is 0 Å². The topological polar surface area (TPSA) is 185 Å². The predicted molar refractivity (Wildman–Crippen MR) is 221 cm³/mol. The molecular weight excluding hydrogens is 771 g/mol. The molecule has 1 aliphatic rings. The van der Waals surface area contributed by atoms with Crippen LogP contribution in [0.2, 0.25) is 0 Å². The van der Waals surface area contributed by atoms with Crippen LogP contribution in [0.5, 0.6) is 5.75 Å². The second kappa shape index (κ2) is 19.3. The van der Waals surface area contributed by atoms with Gasteiger partial charge in [0.2, 0.25) is 0 Å². The van der Waals surface area contributed by atoms with E-state index in [0.717, 1.165) is 0 Å². The molecule has 304 valence electrons. The third kappa shape index (κ3) is 9.58. The number of nitrogens with one attached hydrogen (secondary N) is 1. The van der Waals surface area contributed by atoms with Gasteiger partial charge < -0.3 is 28.6 Å². The van der Waals surface area contributed by atoms with Gasteiger partial charge in [-0.05, 0) is 64.1 Å².